The van der Waals surface area contributed by atoms with Gasteiger partial charge in [-0.3, -0.25) is 0 Å². The summed E-state index contributed by atoms with van der Waals surface area (Å²) in [5.74, 6) is -0.0181. The first-order valence-electron chi connectivity index (χ1n) is 9.25. The van der Waals surface area contributed by atoms with Crippen LogP contribution in [0.3, 0.4) is 0 Å². The largest absolute Gasteiger partial charge is 0.491 e. The highest BCUT2D eigenvalue weighted by Gasteiger charge is 2.11. The number of hydrogen-bond donors (Lipinski definition) is 1. The number of nitrogens with one attached hydrogen (secondary N) is 1. The van der Waals surface area contributed by atoms with Crippen LogP contribution in [0, 0.1) is 11.6 Å². The number of rotatable bonds is 5. The van der Waals surface area contributed by atoms with Crippen LogP contribution in [0.4, 0.5) is 20.3 Å². The summed E-state index contributed by atoms with van der Waals surface area (Å²) >= 11 is 0. The molecule has 0 bridgehead atoms. The zero-order valence-electron chi connectivity index (χ0n) is 16.0. The van der Waals surface area contributed by atoms with Crippen molar-refractivity contribution in [3.05, 3.63) is 78.4 Å². The normalized spacial score (nSPS) is 11.1. The second-order valence-electron chi connectivity index (χ2n) is 6.86. The molecule has 1 heterocycles. The molecule has 6 heteroatoms. The Hall–Kier alpha value is -3.54. The van der Waals surface area contributed by atoms with Crippen LogP contribution >= 0.6 is 0 Å². The molecule has 0 radical (unpaired) electrons. The number of halogens is 2. The Morgan fingerprint density at radius 2 is 1.62 bits per heavy atom. The lowest BCUT2D eigenvalue weighted by atomic mass is 10.1. The second-order valence-corrected chi connectivity index (χ2v) is 6.86. The molecule has 0 unspecified atom stereocenters. The summed E-state index contributed by atoms with van der Waals surface area (Å²) in [6.45, 7) is 3.94. The van der Waals surface area contributed by atoms with Crippen molar-refractivity contribution in [2.75, 3.05) is 5.32 Å². The van der Waals surface area contributed by atoms with Crippen molar-refractivity contribution in [1.82, 2.24) is 9.97 Å². The van der Waals surface area contributed by atoms with E-state index in [1.165, 1.54) is 6.07 Å². The maximum absolute atomic E-state index is 13.6. The fourth-order valence-electron chi connectivity index (χ4n) is 2.97. The summed E-state index contributed by atoms with van der Waals surface area (Å²) in [5.41, 5.74) is 1.96. The van der Waals surface area contributed by atoms with E-state index < -0.39 is 11.6 Å². The van der Waals surface area contributed by atoms with Gasteiger partial charge in [0.15, 0.2) is 17.5 Å². The van der Waals surface area contributed by atoms with E-state index in [2.05, 4.69) is 15.3 Å². The highest BCUT2D eigenvalue weighted by atomic mass is 19.2. The van der Waals surface area contributed by atoms with E-state index in [0.717, 1.165) is 34.3 Å². The molecule has 0 aliphatic carbocycles. The number of ether oxygens (including phenoxy) is 1. The number of hydrogen-bond acceptors (Lipinski definition) is 4. The Labute approximate surface area is 167 Å². The van der Waals surface area contributed by atoms with Gasteiger partial charge in [-0.2, -0.15) is 0 Å². The van der Waals surface area contributed by atoms with Crippen LogP contribution in [0.15, 0.2) is 66.7 Å². The standard InChI is InChI=1S/C23H19F2N3O/c1-14(2)29-17-10-7-15(8-11-17)22-27-21-6-4-3-5-18(21)23(28-22)26-16-9-12-19(24)20(25)13-16/h3-14H,1-2H3,(H,26,27,28). The summed E-state index contributed by atoms with van der Waals surface area (Å²) in [7, 11) is 0. The SMILES string of the molecule is CC(C)Oc1ccc(-c2nc(Nc3ccc(F)c(F)c3)c3ccccc3n2)cc1. The van der Waals surface area contributed by atoms with Gasteiger partial charge in [0.2, 0.25) is 0 Å². The molecule has 1 aromatic heterocycles. The third-order valence-electron chi connectivity index (χ3n) is 4.27. The van der Waals surface area contributed by atoms with Gasteiger partial charge < -0.3 is 10.1 Å². The molecule has 3 aromatic carbocycles. The van der Waals surface area contributed by atoms with Crippen LogP contribution in [0.5, 0.6) is 5.75 Å². The Balaban J connectivity index is 1.75. The molecule has 4 rings (SSSR count). The maximum atomic E-state index is 13.6. The molecule has 0 saturated carbocycles. The summed E-state index contributed by atoms with van der Waals surface area (Å²) in [4.78, 5) is 9.27. The molecule has 29 heavy (non-hydrogen) atoms. The lowest BCUT2D eigenvalue weighted by molar-refractivity contribution is 0.242. The van der Waals surface area contributed by atoms with Gasteiger partial charge in [0.25, 0.3) is 0 Å². The first-order valence-corrected chi connectivity index (χ1v) is 9.25. The van der Waals surface area contributed by atoms with Crippen LogP contribution in [0.2, 0.25) is 0 Å². The lowest BCUT2D eigenvalue weighted by Crippen LogP contribution is -2.05. The number of anilines is 2. The van der Waals surface area contributed by atoms with Crippen molar-refractivity contribution >= 4 is 22.4 Å². The lowest BCUT2D eigenvalue weighted by Gasteiger charge is -2.12. The Bertz CT molecular complexity index is 1160. The van der Waals surface area contributed by atoms with Crippen LogP contribution in [0.25, 0.3) is 22.3 Å². The second kappa shape index (κ2) is 7.83. The van der Waals surface area contributed by atoms with Gasteiger partial charge in [0.1, 0.15) is 11.6 Å². The zero-order chi connectivity index (χ0) is 20.4. The van der Waals surface area contributed by atoms with E-state index in [4.69, 9.17) is 4.74 Å². The number of benzene rings is 3. The zero-order valence-corrected chi connectivity index (χ0v) is 16.0. The fraction of sp³-hybridized carbons (Fsp3) is 0.130. The number of aromatic nitrogens is 2. The van der Waals surface area contributed by atoms with Crippen molar-refractivity contribution in [2.45, 2.75) is 20.0 Å². The van der Waals surface area contributed by atoms with E-state index in [0.29, 0.717) is 17.3 Å². The Kier molecular flexibility index (Phi) is 5.08. The van der Waals surface area contributed by atoms with Gasteiger partial charge in [-0.15, -0.1) is 0 Å². The van der Waals surface area contributed by atoms with E-state index >= 15 is 0 Å². The number of fused-ring (bicyclic) bond motifs is 1. The molecule has 146 valence electrons. The average Bonchev–Trinajstić information content (AvgIpc) is 2.71. The maximum Gasteiger partial charge on any atom is 0.162 e. The molecule has 4 aromatic rings. The van der Waals surface area contributed by atoms with Gasteiger partial charge in [-0.05, 0) is 62.4 Å². The monoisotopic (exact) mass is 391 g/mol. The Morgan fingerprint density at radius 1 is 0.862 bits per heavy atom. The van der Waals surface area contributed by atoms with Gasteiger partial charge in [-0.25, -0.2) is 18.7 Å². The van der Waals surface area contributed by atoms with Gasteiger partial charge in [-0.1, -0.05) is 12.1 Å². The number of para-hydroxylation sites is 1. The van der Waals surface area contributed by atoms with Crippen molar-refractivity contribution in [3.63, 3.8) is 0 Å². The van der Waals surface area contributed by atoms with Crippen LogP contribution < -0.4 is 10.1 Å². The van der Waals surface area contributed by atoms with Crippen molar-refractivity contribution in [2.24, 2.45) is 0 Å². The minimum absolute atomic E-state index is 0.0877. The molecular formula is C23H19F2N3O. The highest BCUT2D eigenvalue weighted by Crippen LogP contribution is 2.28. The minimum atomic E-state index is -0.922. The van der Waals surface area contributed by atoms with Crippen molar-refractivity contribution < 1.29 is 13.5 Å². The first kappa shape index (κ1) is 18.8. The van der Waals surface area contributed by atoms with E-state index in [-0.39, 0.29) is 6.10 Å². The molecule has 4 nitrogen and oxygen atoms in total. The first-order chi connectivity index (χ1) is 14.0. The number of nitrogens with zero attached hydrogens (tertiary/aromatic N) is 2. The fourth-order valence-corrected chi connectivity index (χ4v) is 2.97. The van der Waals surface area contributed by atoms with Gasteiger partial charge >= 0.3 is 0 Å². The van der Waals surface area contributed by atoms with E-state index in [9.17, 15) is 8.78 Å². The molecule has 0 fully saturated rings. The van der Waals surface area contributed by atoms with Crippen LogP contribution in [-0.4, -0.2) is 16.1 Å². The smallest absolute Gasteiger partial charge is 0.162 e. The summed E-state index contributed by atoms with van der Waals surface area (Å²) in [6.07, 6.45) is 0.0877. The quantitative estimate of drug-likeness (QED) is 0.446. The predicted molar refractivity (Wildman–Crippen MR) is 110 cm³/mol. The highest BCUT2D eigenvalue weighted by molar-refractivity contribution is 5.92. The minimum Gasteiger partial charge on any atom is -0.491 e. The average molecular weight is 391 g/mol. The molecule has 0 aliphatic rings. The molecule has 1 N–H and O–H groups in total. The van der Waals surface area contributed by atoms with E-state index in [1.54, 1.807) is 0 Å². The predicted octanol–water partition coefficient (Wildman–Crippen LogP) is 6.11. The van der Waals surface area contributed by atoms with E-state index in [1.807, 2.05) is 62.4 Å². The van der Waals surface area contributed by atoms with Crippen LogP contribution in [0.1, 0.15) is 13.8 Å². The third-order valence-corrected chi connectivity index (χ3v) is 4.27. The topological polar surface area (TPSA) is 47.0 Å². The molecule has 0 aliphatic heterocycles. The summed E-state index contributed by atoms with van der Waals surface area (Å²) in [5, 5.41) is 3.86. The summed E-state index contributed by atoms with van der Waals surface area (Å²) < 4.78 is 32.5. The third kappa shape index (κ3) is 4.16. The molecule has 0 spiro atoms. The summed E-state index contributed by atoms with van der Waals surface area (Å²) in [6, 6.07) is 18.7. The molecule has 0 saturated heterocycles. The Morgan fingerprint density at radius 3 is 2.34 bits per heavy atom. The van der Waals surface area contributed by atoms with Gasteiger partial charge in [0, 0.05) is 22.7 Å². The van der Waals surface area contributed by atoms with Crippen LogP contribution in [-0.2, 0) is 0 Å². The molecule has 0 amide bonds. The van der Waals surface area contributed by atoms with Crippen molar-refractivity contribution in [3.8, 4) is 17.1 Å². The molecule has 0 atom stereocenters. The molecular weight excluding hydrogens is 372 g/mol. The van der Waals surface area contributed by atoms with Crippen molar-refractivity contribution in [1.29, 1.82) is 0 Å². The van der Waals surface area contributed by atoms with Gasteiger partial charge in [0.05, 0.1) is 11.6 Å².